The number of amides is 1. The van der Waals surface area contributed by atoms with Crippen LogP contribution in [0.3, 0.4) is 0 Å². The van der Waals surface area contributed by atoms with Crippen LogP contribution < -0.4 is 5.32 Å². The molecule has 1 amide bonds. The zero-order valence-electron chi connectivity index (χ0n) is 15.5. The van der Waals surface area contributed by atoms with Crippen molar-refractivity contribution in [2.24, 2.45) is 0 Å². The Morgan fingerprint density at radius 3 is 2.70 bits per heavy atom. The van der Waals surface area contributed by atoms with Crippen LogP contribution in [0.2, 0.25) is 0 Å². The lowest BCUT2D eigenvalue weighted by Crippen LogP contribution is -2.31. The van der Waals surface area contributed by atoms with E-state index in [0.29, 0.717) is 5.52 Å². The fourth-order valence-electron chi connectivity index (χ4n) is 3.30. The van der Waals surface area contributed by atoms with Crippen molar-refractivity contribution in [3.8, 4) is 11.1 Å². The van der Waals surface area contributed by atoms with Gasteiger partial charge in [0.25, 0.3) is 11.7 Å². The third-order valence-corrected chi connectivity index (χ3v) is 5.81. The van der Waals surface area contributed by atoms with Gasteiger partial charge in [-0.25, -0.2) is 4.98 Å². The van der Waals surface area contributed by atoms with E-state index in [2.05, 4.69) is 20.5 Å². The molecule has 0 bridgehead atoms. The number of hydrogen-bond acceptors (Lipinski definition) is 8. The molecule has 0 saturated carbocycles. The Morgan fingerprint density at radius 2 is 1.93 bits per heavy atom. The molecular formula is C21H14N4O4S. The third-order valence-electron chi connectivity index (χ3n) is 4.79. The van der Waals surface area contributed by atoms with Crippen LogP contribution in [0.25, 0.3) is 21.3 Å². The Balaban J connectivity index is 1.38. The quantitative estimate of drug-likeness (QED) is 0.391. The van der Waals surface area contributed by atoms with E-state index in [4.69, 9.17) is 4.42 Å². The van der Waals surface area contributed by atoms with Gasteiger partial charge in [0.15, 0.2) is 10.8 Å². The maximum atomic E-state index is 12.8. The normalized spacial score (nSPS) is 16.2. The zero-order valence-corrected chi connectivity index (χ0v) is 16.3. The number of ketones is 2. The second-order valence-corrected chi connectivity index (χ2v) is 7.90. The number of rotatable bonds is 5. The third kappa shape index (κ3) is 3.39. The maximum absolute atomic E-state index is 12.8. The fourth-order valence-corrected chi connectivity index (χ4v) is 4.23. The molecule has 5 rings (SSSR count). The zero-order chi connectivity index (χ0) is 20.7. The second-order valence-electron chi connectivity index (χ2n) is 6.86. The minimum Gasteiger partial charge on any atom is -0.418 e. The molecule has 1 fully saturated rings. The van der Waals surface area contributed by atoms with E-state index in [0.717, 1.165) is 15.8 Å². The van der Waals surface area contributed by atoms with Crippen LogP contribution in [0.5, 0.6) is 0 Å². The van der Waals surface area contributed by atoms with Gasteiger partial charge in [-0.1, -0.05) is 36.4 Å². The van der Waals surface area contributed by atoms with Gasteiger partial charge < -0.3 is 9.73 Å². The summed E-state index contributed by atoms with van der Waals surface area (Å²) < 4.78 is 6.30. The lowest BCUT2D eigenvalue weighted by Gasteiger charge is -2.03. The smallest absolute Gasteiger partial charge is 0.291 e. The van der Waals surface area contributed by atoms with E-state index in [1.165, 1.54) is 11.3 Å². The first-order valence-electron chi connectivity index (χ1n) is 9.22. The second kappa shape index (κ2) is 7.27. The van der Waals surface area contributed by atoms with Gasteiger partial charge >= 0.3 is 0 Å². The standard InChI is InChI=1S/C21H14N4O4S/c26-15-10-17(27)22-14(15)9-18-24-25-20(29-18)19(28)21-23-13-7-6-12(8-16(13)30-21)11-4-2-1-3-5-11/h1-8,14H,9-10H2,(H,22,27). The topological polar surface area (TPSA) is 115 Å². The van der Waals surface area contributed by atoms with Crippen molar-refractivity contribution >= 4 is 39.0 Å². The predicted molar refractivity (Wildman–Crippen MR) is 108 cm³/mol. The number of benzene rings is 2. The fraction of sp³-hybridized carbons (Fsp3) is 0.143. The number of thiazole rings is 1. The van der Waals surface area contributed by atoms with E-state index in [-0.39, 0.29) is 41.3 Å². The monoisotopic (exact) mass is 418 g/mol. The average molecular weight is 418 g/mol. The van der Waals surface area contributed by atoms with Gasteiger partial charge in [0, 0.05) is 0 Å². The molecule has 0 radical (unpaired) electrons. The van der Waals surface area contributed by atoms with Gasteiger partial charge in [-0.15, -0.1) is 21.5 Å². The first-order chi connectivity index (χ1) is 14.6. The highest BCUT2D eigenvalue weighted by atomic mass is 32.1. The molecule has 148 valence electrons. The number of hydrogen-bond donors (Lipinski definition) is 1. The molecule has 8 nitrogen and oxygen atoms in total. The Hall–Kier alpha value is -3.72. The predicted octanol–water partition coefficient (Wildman–Crippen LogP) is 2.58. The summed E-state index contributed by atoms with van der Waals surface area (Å²) in [6.45, 7) is 0. The molecule has 3 heterocycles. The average Bonchev–Trinajstić information content (AvgIpc) is 3.46. The summed E-state index contributed by atoms with van der Waals surface area (Å²) in [5.74, 6) is -1.11. The van der Waals surface area contributed by atoms with E-state index in [1.54, 1.807) is 0 Å². The van der Waals surface area contributed by atoms with Crippen molar-refractivity contribution < 1.29 is 18.8 Å². The Bertz CT molecular complexity index is 1290. The molecule has 1 aliphatic rings. The molecule has 9 heteroatoms. The first-order valence-corrected chi connectivity index (χ1v) is 10.0. The number of aromatic nitrogens is 3. The van der Waals surface area contributed by atoms with Crippen LogP contribution in [-0.2, 0) is 16.0 Å². The Labute approximate surface area is 174 Å². The van der Waals surface area contributed by atoms with Crippen molar-refractivity contribution in [1.82, 2.24) is 20.5 Å². The Morgan fingerprint density at radius 1 is 1.10 bits per heavy atom. The highest BCUT2D eigenvalue weighted by Crippen LogP contribution is 2.29. The molecule has 0 aliphatic carbocycles. The summed E-state index contributed by atoms with van der Waals surface area (Å²) in [5.41, 5.74) is 2.83. The molecule has 4 aromatic rings. The summed E-state index contributed by atoms with van der Waals surface area (Å²) in [6, 6.07) is 15.1. The van der Waals surface area contributed by atoms with E-state index in [9.17, 15) is 14.4 Å². The van der Waals surface area contributed by atoms with Gasteiger partial charge in [-0.2, -0.15) is 0 Å². The van der Waals surface area contributed by atoms with Crippen molar-refractivity contribution in [3.05, 3.63) is 65.3 Å². The van der Waals surface area contributed by atoms with Gasteiger partial charge in [-0.3, -0.25) is 14.4 Å². The minimum absolute atomic E-state index is 0.0606. The molecular weight excluding hydrogens is 404 g/mol. The summed E-state index contributed by atoms with van der Waals surface area (Å²) >= 11 is 1.25. The van der Waals surface area contributed by atoms with Gasteiger partial charge in [0.2, 0.25) is 11.8 Å². The lowest BCUT2D eigenvalue weighted by molar-refractivity contribution is -0.122. The summed E-state index contributed by atoms with van der Waals surface area (Å²) in [4.78, 5) is 40.2. The summed E-state index contributed by atoms with van der Waals surface area (Å²) in [6.07, 6.45) is -0.0909. The molecule has 1 atom stereocenters. The Kier molecular flexibility index (Phi) is 4.44. The van der Waals surface area contributed by atoms with Crippen molar-refractivity contribution in [1.29, 1.82) is 0 Å². The van der Waals surface area contributed by atoms with E-state index in [1.807, 2.05) is 48.5 Å². The number of nitrogens with one attached hydrogen (secondary N) is 1. The molecule has 2 aromatic carbocycles. The number of nitrogens with zero attached hydrogens (tertiary/aromatic N) is 3. The van der Waals surface area contributed by atoms with Crippen LogP contribution in [0.4, 0.5) is 0 Å². The molecule has 30 heavy (non-hydrogen) atoms. The van der Waals surface area contributed by atoms with Crippen molar-refractivity contribution in [3.63, 3.8) is 0 Å². The molecule has 1 saturated heterocycles. The number of carbonyl (C=O) groups excluding carboxylic acids is 3. The minimum atomic E-state index is -0.695. The number of Topliss-reactive ketones (excluding diaryl/α,β-unsaturated/α-hetero) is 1. The van der Waals surface area contributed by atoms with Gasteiger partial charge in [-0.05, 0) is 23.3 Å². The summed E-state index contributed by atoms with van der Waals surface area (Å²) in [5, 5.41) is 10.4. The SMILES string of the molecule is O=C1CC(=O)C(Cc2nnc(C(=O)c3nc4ccc(-c5ccccc5)cc4s3)o2)N1. The van der Waals surface area contributed by atoms with Gasteiger partial charge in [0.1, 0.15) is 0 Å². The highest BCUT2D eigenvalue weighted by Gasteiger charge is 2.32. The van der Waals surface area contributed by atoms with Crippen LogP contribution in [-0.4, -0.2) is 38.7 Å². The van der Waals surface area contributed by atoms with Crippen molar-refractivity contribution in [2.75, 3.05) is 0 Å². The van der Waals surface area contributed by atoms with Crippen LogP contribution in [0, 0.1) is 0 Å². The van der Waals surface area contributed by atoms with Crippen LogP contribution in [0.15, 0.2) is 52.9 Å². The number of carbonyl (C=O) groups is 3. The molecule has 1 unspecified atom stereocenters. The van der Waals surface area contributed by atoms with Crippen LogP contribution in [0.1, 0.15) is 28.0 Å². The molecule has 2 aromatic heterocycles. The largest absolute Gasteiger partial charge is 0.418 e. The van der Waals surface area contributed by atoms with Crippen LogP contribution >= 0.6 is 11.3 Å². The molecule has 1 N–H and O–H groups in total. The lowest BCUT2D eigenvalue weighted by atomic mass is 10.1. The summed E-state index contributed by atoms with van der Waals surface area (Å²) in [7, 11) is 0. The first kappa shape index (κ1) is 18.3. The highest BCUT2D eigenvalue weighted by molar-refractivity contribution is 7.20. The van der Waals surface area contributed by atoms with Gasteiger partial charge in [0.05, 0.1) is 29.1 Å². The maximum Gasteiger partial charge on any atom is 0.291 e. The van der Waals surface area contributed by atoms with E-state index >= 15 is 0 Å². The molecule has 1 aliphatic heterocycles. The number of fused-ring (bicyclic) bond motifs is 1. The van der Waals surface area contributed by atoms with Crippen molar-refractivity contribution in [2.45, 2.75) is 18.9 Å². The molecule has 0 spiro atoms. The van der Waals surface area contributed by atoms with E-state index < -0.39 is 11.8 Å².